The fraction of sp³-hybridized carbons (Fsp3) is 0.222. The Bertz CT molecular complexity index is 911. The number of aromatic nitrogens is 1. The first-order chi connectivity index (χ1) is 11.2. The van der Waals surface area contributed by atoms with E-state index in [-0.39, 0.29) is 23.3 Å². The van der Waals surface area contributed by atoms with Crippen molar-refractivity contribution in [1.82, 2.24) is 10.3 Å². The first kappa shape index (κ1) is 13.8. The summed E-state index contributed by atoms with van der Waals surface area (Å²) in [7, 11) is 0. The number of hydrogen-bond donors (Lipinski definition) is 2. The van der Waals surface area contributed by atoms with Gasteiger partial charge in [0.05, 0.1) is 6.26 Å². The van der Waals surface area contributed by atoms with Crippen molar-refractivity contribution in [3.05, 3.63) is 70.4 Å². The van der Waals surface area contributed by atoms with E-state index < -0.39 is 0 Å². The molecule has 1 aliphatic carbocycles. The maximum Gasteiger partial charge on any atom is 0.248 e. The summed E-state index contributed by atoms with van der Waals surface area (Å²) in [6.07, 6.45) is 2.44. The van der Waals surface area contributed by atoms with Crippen LogP contribution >= 0.6 is 0 Å². The lowest BCUT2D eigenvalue weighted by molar-refractivity contribution is -0.122. The maximum absolute atomic E-state index is 12.3. The molecular weight excluding hydrogens is 292 g/mol. The minimum Gasteiger partial charge on any atom is -0.469 e. The Morgan fingerprint density at radius 1 is 1.26 bits per heavy atom. The summed E-state index contributed by atoms with van der Waals surface area (Å²) in [5, 5.41) is 3.89. The Morgan fingerprint density at radius 2 is 2.13 bits per heavy atom. The topological polar surface area (TPSA) is 75.1 Å². The molecule has 0 radical (unpaired) electrons. The lowest BCUT2D eigenvalue weighted by Crippen LogP contribution is -2.25. The molecule has 2 aromatic heterocycles. The summed E-state index contributed by atoms with van der Waals surface area (Å²) < 4.78 is 5.35. The Morgan fingerprint density at radius 3 is 2.96 bits per heavy atom. The van der Waals surface area contributed by atoms with Gasteiger partial charge in [0.15, 0.2) is 0 Å². The summed E-state index contributed by atoms with van der Waals surface area (Å²) >= 11 is 0. The first-order valence-electron chi connectivity index (χ1n) is 7.64. The third-order valence-corrected chi connectivity index (χ3v) is 4.33. The number of pyridine rings is 1. The Balaban J connectivity index is 1.48. The summed E-state index contributed by atoms with van der Waals surface area (Å²) in [5.41, 5.74) is 1.45. The van der Waals surface area contributed by atoms with Gasteiger partial charge in [-0.2, -0.15) is 0 Å². The molecule has 1 aromatic carbocycles. The zero-order valence-electron chi connectivity index (χ0n) is 12.4. The van der Waals surface area contributed by atoms with Crippen LogP contribution in [0.4, 0.5) is 0 Å². The quantitative estimate of drug-likeness (QED) is 0.777. The van der Waals surface area contributed by atoms with E-state index in [1.54, 1.807) is 12.3 Å². The Kier molecular flexibility index (Phi) is 3.26. The molecule has 2 heterocycles. The van der Waals surface area contributed by atoms with E-state index >= 15 is 0 Å². The van der Waals surface area contributed by atoms with E-state index in [0.717, 1.165) is 28.6 Å². The average Bonchev–Trinajstić information content (AvgIpc) is 3.17. The third kappa shape index (κ3) is 2.65. The van der Waals surface area contributed by atoms with E-state index in [1.807, 2.05) is 36.4 Å². The number of H-pyrrole nitrogens is 1. The number of amides is 1. The van der Waals surface area contributed by atoms with Crippen LogP contribution in [0.15, 0.2) is 57.9 Å². The molecule has 0 spiro atoms. The highest BCUT2D eigenvalue weighted by molar-refractivity contribution is 5.85. The smallest absolute Gasteiger partial charge is 0.248 e. The third-order valence-electron chi connectivity index (χ3n) is 4.33. The molecule has 0 unspecified atom stereocenters. The van der Waals surface area contributed by atoms with E-state index in [1.165, 1.54) is 0 Å². The highest BCUT2D eigenvalue weighted by Gasteiger charge is 2.45. The zero-order chi connectivity index (χ0) is 15.8. The molecule has 2 N–H and O–H groups in total. The van der Waals surface area contributed by atoms with Crippen LogP contribution in [0.2, 0.25) is 0 Å². The second-order valence-corrected chi connectivity index (χ2v) is 5.89. The van der Waals surface area contributed by atoms with Crippen LogP contribution in [-0.2, 0) is 11.3 Å². The largest absolute Gasteiger partial charge is 0.469 e. The molecule has 1 aliphatic rings. The summed E-state index contributed by atoms with van der Waals surface area (Å²) in [4.78, 5) is 26.8. The molecule has 5 nitrogen and oxygen atoms in total. The van der Waals surface area contributed by atoms with Gasteiger partial charge >= 0.3 is 0 Å². The van der Waals surface area contributed by atoms with Gasteiger partial charge in [-0.3, -0.25) is 9.59 Å². The molecule has 0 aliphatic heterocycles. The van der Waals surface area contributed by atoms with E-state index in [2.05, 4.69) is 10.3 Å². The molecule has 5 heteroatoms. The minimum absolute atomic E-state index is 0.00997. The van der Waals surface area contributed by atoms with Crippen LogP contribution in [0.5, 0.6) is 0 Å². The summed E-state index contributed by atoms with van der Waals surface area (Å²) in [5.74, 6) is 1.03. The molecule has 3 aromatic rings. The Hall–Kier alpha value is -2.82. The van der Waals surface area contributed by atoms with Crippen LogP contribution in [0.25, 0.3) is 10.9 Å². The molecule has 1 amide bonds. The zero-order valence-corrected chi connectivity index (χ0v) is 12.4. The highest BCUT2D eigenvalue weighted by Crippen LogP contribution is 2.47. The number of rotatable bonds is 4. The lowest BCUT2D eigenvalue weighted by atomic mass is 10.1. The fourth-order valence-corrected chi connectivity index (χ4v) is 3.04. The van der Waals surface area contributed by atoms with Gasteiger partial charge in [-0.1, -0.05) is 18.2 Å². The number of benzene rings is 1. The van der Waals surface area contributed by atoms with Gasteiger partial charge in [0.1, 0.15) is 5.76 Å². The van der Waals surface area contributed by atoms with Gasteiger partial charge in [0.25, 0.3) is 0 Å². The SMILES string of the molecule is O=C(NCc1cc(=O)[nH]c2ccccc12)[C@@H]1C[C@H]1c1ccco1. The van der Waals surface area contributed by atoms with Crippen molar-refractivity contribution >= 4 is 16.8 Å². The van der Waals surface area contributed by atoms with Gasteiger partial charge in [0.2, 0.25) is 11.5 Å². The summed E-state index contributed by atoms with van der Waals surface area (Å²) in [6, 6.07) is 12.9. The van der Waals surface area contributed by atoms with Gasteiger partial charge in [-0.25, -0.2) is 0 Å². The van der Waals surface area contributed by atoms with Crippen LogP contribution in [0.3, 0.4) is 0 Å². The first-order valence-corrected chi connectivity index (χ1v) is 7.64. The number of nitrogens with one attached hydrogen (secondary N) is 2. The van der Waals surface area contributed by atoms with Crippen LogP contribution < -0.4 is 10.9 Å². The number of aromatic amines is 1. The van der Waals surface area contributed by atoms with Gasteiger partial charge in [0, 0.05) is 35.3 Å². The van der Waals surface area contributed by atoms with Crippen molar-refractivity contribution in [3.63, 3.8) is 0 Å². The van der Waals surface area contributed by atoms with Crippen molar-refractivity contribution in [3.8, 4) is 0 Å². The number of carbonyl (C=O) groups excluding carboxylic acids is 1. The predicted molar refractivity (Wildman–Crippen MR) is 86.0 cm³/mol. The van der Waals surface area contributed by atoms with Gasteiger partial charge < -0.3 is 14.7 Å². The summed E-state index contributed by atoms with van der Waals surface area (Å²) in [6.45, 7) is 0.352. The van der Waals surface area contributed by atoms with Crippen LogP contribution in [0.1, 0.15) is 23.7 Å². The second-order valence-electron chi connectivity index (χ2n) is 5.89. The monoisotopic (exact) mass is 308 g/mol. The van der Waals surface area contributed by atoms with Gasteiger partial charge in [-0.05, 0) is 30.2 Å². The molecule has 2 atom stereocenters. The van der Waals surface area contributed by atoms with Gasteiger partial charge in [-0.15, -0.1) is 0 Å². The number of fused-ring (bicyclic) bond motifs is 1. The van der Waals surface area contributed by atoms with E-state index in [0.29, 0.717) is 6.54 Å². The Labute approximate surface area is 132 Å². The molecule has 23 heavy (non-hydrogen) atoms. The molecule has 0 bridgehead atoms. The average molecular weight is 308 g/mol. The minimum atomic E-state index is -0.159. The van der Waals surface area contributed by atoms with Crippen molar-refractivity contribution in [2.45, 2.75) is 18.9 Å². The van der Waals surface area contributed by atoms with E-state index in [4.69, 9.17) is 4.42 Å². The van der Waals surface area contributed by atoms with Crippen LogP contribution in [0, 0.1) is 5.92 Å². The van der Waals surface area contributed by atoms with Crippen molar-refractivity contribution < 1.29 is 9.21 Å². The predicted octanol–water partition coefficient (Wildman–Crippen LogP) is 2.54. The number of carbonyl (C=O) groups is 1. The highest BCUT2D eigenvalue weighted by atomic mass is 16.3. The normalized spacial score (nSPS) is 19.7. The van der Waals surface area contributed by atoms with Crippen LogP contribution in [-0.4, -0.2) is 10.9 Å². The fourth-order valence-electron chi connectivity index (χ4n) is 3.04. The van der Waals surface area contributed by atoms with Crippen molar-refractivity contribution in [1.29, 1.82) is 0 Å². The molecular formula is C18H16N2O3. The number of furan rings is 1. The van der Waals surface area contributed by atoms with Crippen molar-refractivity contribution in [2.24, 2.45) is 5.92 Å². The maximum atomic E-state index is 12.3. The number of hydrogen-bond acceptors (Lipinski definition) is 3. The lowest BCUT2D eigenvalue weighted by Gasteiger charge is -2.08. The molecule has 1 fully saturated rings. The molecule has 4 rings (SSSR count). The van der Waals surface area contributed by atoms with E-state index in [9.17, 15) is 9.59 Å². The number of para-hydroxylation sites is 1. The standard InChI is InChI=1S/C18H16N2O3/c21-17-8-11(12-4-1-2-5-15(12)20-17)10-19-18(22)14-9-13(14)16-6-3-7-23-16/h1-8,13-14H,9-10H2,(H,19,22)(H,20,21)/t13-,14-/m1/s1. The molecule has 1 saturated carbocycles. The van der Waals surface area contributed by atoms with Crippen molar-refractivity contribution in [2.75, 3.05) is 0 Å². The molecule has 0 saturated heterocycles. The second kappa shape index (κ2) is 5.43. The molecule has 116 valence electrons.